The summed E-state index contributed by atoms with van der Waals surface area (Å²) in [5.41, 5.74) is 0. The van der Waals surface area contributed by atoms with Gasteiger partial charge in [0.05, 0.1) is 6.42 Å². The largest absolute Gasteiger partial charge is 0.389 e. The van der Waals surface area contributed by atoms with Crippen LogP contribution in [0.3, 0.4) is 0 Å². The highest BCUT2D eigenvalue weighted by molar-refractivity contribution is 5.19. The molecule has 0 bridgehead atoms. The van der Waals surface area contributed by atoms with Gasteiger partial charge in [-0.05, 0) is 13.8 Å². The normalized spacial score (nSPS) is 12.1. The highest BCUT2D eigenvalue weighted by Crippen LogP contribution is 2.21. The van der Waals surface area contributed by atoms with Crippen LogP contribution in [0.5, 0.6) is 0 Å². The number of anilines is 1. The SMILES string of the molecule is CC(C)Nc1nc(CCC(F)(F)F)no1. The Bertz CT molecular complexity index is 308. The van der Waals surface area contributed by atoms with Gasteiger partial charge in [0.1, 0.15) is 0 Å². The van der Waals surface area contributed by atoms with E-state index in [4.69, 9.17) is 4.52 Å². The maximum atomic E-state index is 11.9. The van der Waals surface area contributed by atoms with E-state index in [2.05, 4.69) is 15.5 Å². The summed E-state index contributed by atoms with van der Waals surface area (Å²) in [6.07, 6.45) is -5.38. The average Bonchev–Trinajstić information content (AvgIpc) is 2.46. The summed E-state index contributed by atoms with van der Waals surface area (Å²) in [4.78, 5) is 3.76. The van der Waals surface area contributed by atoms with Gasteiger partial charge in [0.2, 0.25) is 0 Å². The Morgan fingerprint density at radius 3 is 2.60 bits per heavy atom. The topological polar surface area (TPSA) is 51.0 Å². The second-order valence-electron chi connectivity index (χ2n) is 3.43. The molecule has 7 heteroatoms. The molecule has 86 valence electrons. The van der Waals surface area contributed by atoms with E-state index in [1.807, 2.05) is 13.8 Å². The van der Waals surface area contributed by atoms with Crippen molar-refractivity contribution >= 4 is 6.01 Å². The van der Waals surface area contributed by atoms with Gasteiger partial charge in [0.25, 0.3) is 0 Å². The van der Waals surface area contributed by atoms with E-state index in [9.17, 15) is 13.2 Å². The molecule has 0 fully saturated rings. The monoisotopic (exact) mass is 223 g/mol. The second kappa shape index (κ2) is 4.50. The number of alkyl halides is 3. The molecule has 0 aliphatic rings. The molecule has 1 aromatic rings. The molecule has 15 heavy (non-hydrogen) atoms. The van der Waals surface area contributed by atoms with E-state index in [0.29, 0.717) is 0 Å². The van der Waals surface area contributed by atoms with Gasteiger partial charge in [-0.15, -0.1) is 0 Å². The van der Waals surface area contributed by atoms with Crippen LogP contribution in [0.2, 0.25) is 0 Å². The summed E-state index contributed by atoms with van der Waals surface area (Å²) >= 11 is 0. The number of aromatic nitrogens is 2. The van der Waals surface area contributed by atoms with E-state index in [1.165, 1.54) is 0 Å². The molecule has 0 aliphatic carbocycles. The van der Waals surface area contributed by atoms with Gasteiger partial charge in [-0.1, -0.05) is 5.16 Å². The third kappa shape index (κ3) is 4.66. The van der Waals surface area contributed by atoms with Gasteiger partial charge in [0, 0.05) is 12.5 Å². The summed E-state index contributed by atoms with van der Waals surface area (Å²) in [6, 6.07) is 0.253. The molecule has 0 aliphatic heterocycles. The first-order valence-electron chi connectivity index (χ1n) is 4.52. The highest BCUT2D eigenvalue weighted by atomic mass is 19.4. The number of hydrogen-bond donors (Lipinski definition) is 1. The van der Waals surface area contributed by atoms with Crippen LogP contribution in [0, 0.1) is 0 Å². The number of rotatable bonds is 4. The van der Waals surface area contributed by atoms with E-state index < -0.39 is 12.6 Å². The van der Waals surface area contributed by atoms with Crippen molar-refractivity contribution in [2.24, 2.45) is 0 Å². The fraction of sp³-hybridized carbons (Fsp3) is 0.750. The lowest BCUT2D eigenvalue weighted by Gasteiger charge is -2.02. The molecule has 0 aromatic carbocycles. The minimum atomic E-state index is -4.19. The molecular formula is C8H12F3N3O. The van der Waals surface area contributed by atoms with Crippen LogP contribution >= 0.6 is 0 Å². The summed E-state index contributed by atoms with van der Waals surface area (Å²) < 4.78 is 40.3. The molecule has 4 nitrogen and oxygen atoms in total. The Labute approximate surface area is 84.9 Å². The van der Waals surface area contributed by atoms with Gasteiger partial charge < -0.3 is 9.84 Å². The zero-order valence-corrected chi connectivity index (χ0v) is 8.43. The molecule has 1 heterocycles. The fourth-order valence-corrected chi connectivity index (χ4v) is 0.915. The highest BCUT2D eigenvalue weighted by Gasteiger charge is 2.27. The van der Waals surface area contributed by atoms with Gasteiger partial charge in [0.15, 0.2) is 5.82 Å². The predicted molar refractivity (Wildman–Crippen MR) is 47.4 cm³/mol. The van der Waals surface area contributed by atoms with Gasteiger partial charge in [-0.25, -0.2) is 0 Å². The third-order valence-corrected chi connectivity index (χ3v) is 1.51. The summed E-state index contributed by atoms with van der Waals surface area (Å²) in [6.45, 7) is 3.72. The lowest BCUT2D eigenvalue weighted by Crippen LogP contribution is -2.10. The summed E-state index contributed by atoms with van der Waals surface area (Å²) in [5.74, 6) is 0.0653. The molecule has 1 rings (SSSR count). The zero-order valence-electron chi connectivity index (χ0n) is 8.43. The number of nitrogens with zero attached hydrogens (tertiary/aromatic N) is 2. The number of hydrogen-bond acceptors (Lipinski definition) is 4. The number of nitrogens with one attached hydrogen (secondary N) is 1. The van der Waals surface area contributed by atoms with Gasteiger partial charge in [-0.3, -0.25) is 0 Å². The maximum Gasteiger partial charge on any atom is 0.389 e. The van der Waals surface area contributed by atoms with E-state index in [0.717, 1.165) is 0 Å². The molecule has 1 aromatic heterocycles. The van der Waals surface area contributed by atoms with Crippen molar-refractivity contribution in [3.8, 4) is 0 Å². The first-order chi connectivity index (χ1) is 6.87. The van der Waals surface area contributed by atoms with Crippen molar-refractivity contribution in [2.45, 2.75) is 38.9 Å². The Kier molecular flexibility index (Phi) is 3.54. The lowest BCUT2D eigenvalue weighted by atomic mass is 10.3. The Hall–Kier alpha value is -1.27. The molecule has 0 amide bonds. The lowest BCUT2D eigenvalue weighted by molar-refractivity contribution is -0.134. The second-order valence-corrected chi connectivity index (χ2v) is 3.43. The Morgan fingerprint density at radius 1 is 1.40 bits per heavy atom. The van der Waals surface area contributed by atoms with E-state index in [1.54, 1.807) is 0 Å². The average molecular weight is 223 g/mol. The van der Waals surface area contributed by atoms with Crippen molar-refractivity contribution in [3.63, 3.8) is 0 Å². The summed E-state index contributed by atoms with van der Waals surface area (Å²) in [5, 5.41) is 6.22. The molecular weight excluding hydrogens is 211 g/mol. The predicted octanol–water partition coefficient (Wildman–Crippen LogP) is 2.38. The zero-order chi connectivity index (χ0) is 11.5. The van der Waals surface area contributed by atoms with Crippen molar-refractivity contribution in [3.05, 3.63) is 5.82 Å². The quantitative estimate of drug-likeness (QED) is 0.851. The smallest absolute Gasteiger partial charge is 0.336 e. The number of halogens is 3. The van der Waals surface area contributed by atoms with Crippen molar-refractivity contribution < 1.29 is 17.7 Å². The minimum absolute atomic E-state index is 0.0653. The van der Waals surface area contributed by atoms with Crippen molar-refractivity contribution in [1.29, 1.82) is 0 Å². The first-order valence-corrected chi connectivity index (χ1v) is 4.52. The molecule has 0 radical (unpaired) electrons. The molecule has 0 spiro atoms. The van der Waals surface area contributed by atoms with Crippen LogP contribution in [-0.2, 0) is 6.42 Å². The van der Waals surface area contributed by atoms with Crippen LogP contribution in [0.25, 0.3) is 0 Å². The van der Waals surface area contributed by atoms with Gasteiger partial charge >= 0.3 is 12.2 Å². The van der Waals surface area contributed by atoms with Crippen LogP contribution in [-0.4, -0.2) is 22.4 Å². The van der Waals surface area contributed by atoms with Gasteiger partial charge in [-0.2, -0.15) is 18.2 Å². The fourth-order valence-electron chi connectivity index (χ4n) is 0.915. The van der Waals surface area contributed by atoms with Crippen LogP contribution in [0.4, 0.5) is 19.2 Å². The molecule has 0 unspecified atom stereocenters. The standard InChI is InChI=1S/C8H12F3N3O/c1-5(2)12-7-13-6(14-15-7)3-4-8(9,10)11/h5H,3-4H2,1-2H3,(H,12,13,14). The minimum Gasteiger partial charge on any atom is -0.336 e. The first kappa shape index (κ1) is 11.8. The number of aryl methyl sites for hydroxylation is 1. The molecule has 0 saturated heterocycles. The van der Waals surface area contributed by atoms with Crippen molar-refractivity contribution in [1.82, 2.24) is 10.1 Å². The van der Waals surface area contributed by atoms with Crippen LogP contribution in [0.15, 0.2) is 4.52 Å². The maximum absolute atomic E-state index is 11.9. The van der Waals surface area contributed by atoms with Crippen molar-refractivity contribution in [2.75, 3.05) is 5.32 Å². The van der Waals surface area contributed by atoms with Crippen LogP contribution < -0.4 is 5.32 Å². The third-order valence-electron chi connectivity index (χ3n) is 1.51. The summed E-state index contributed by atoms with van der Waals surface area (Å²) in [7, 11) is 0. The van der Waals surface area contributed by atoms with Crippen LogP contribution in [0.1, 0.15) is 26.1 Å². The van der Waals surface area contributed by atoms with E-state index >= 15 is 0 Å². The van der Waals surface area contributed by atoms with E-state index in [-0.39, 0.29) is 24.3 Å². The Balaban J connectivity index is 2.46. The molecule has 0 atom stereocenters. The Morgan fingerprint density at radius 2 is 2.07 bits per heavy atom. The molecule has 0 saturated carbocycles. The molecule has 1 N–H and O–H groups in total.